The summed E-state index contributed by atoms with van der Waals surface area (Å²) in [5.41, 5.74) is 6.00. The Labute approximate surface area is 87.9 Å². The lowest BCUT2D eigenvalue weighted by Gasteiger charge is -2.23. The van der Waals surface area contributed by atoms with E-state index in [0.717, 1.165) is 6.54 Å². The molecule has 0 rings (SSSR count). The van der Waals surface area contributed by atoms with Gasteiger partial charge >= 0.3 is 0 Å². The quantitative estimate of drug-likeness (QED) is 0.694. The highest BCUT2D eigenvalue weighted by Gasteiger charge is 2.16. The molecule has 0 aromatic heterocycles. The van der Waals surface area contributed by atoms with Crippen LogP contribution >= 0.6 is 11.8 Å². The molecule has 0 aliphatic rings. The predicted molar refractivity (Wildman–Crippen MR) is 64.3 cm³/mol. The first-order valence-corrected chi connectivity index (χ1v) is 6.09. The van der Waals surface area contributed by atoms with Crippen molar-refractivity contribution < 1.29 is 0 Å². The normalized spacial score (nSPS) is 13.4. The standard InChI is InChI=1S/C11H25NS/c1-10(2,3)13-8-6-7-11(4,5)9-12/h6-9,12H2,1-5H3. The minimum Gasteiger partial charge on any atom is -0.330 e. The van der Waals surface area contributed by atoms with Gasteiger partial charge in [0.15, 0.2) is 0 Å². The fourth-order valence-corrected chi connectivity index (χ4v) is 1.93. The van der Waals surface area contributed by atoms with Crippen molar-refractivity contribution in [1.82, 2.24) is 0 Å². The van der Waals surface area contributed by atoms with Crippen molar-refractivity contribution >= 4 is 11.8 Å². The number of hydrogen-bond donors (Lipinski definition) is 1. The van der Waals surface area contributed by atoms with Crippen LogP contribution in [0, 0.1) is 5.41 Å². The van der Waals surface area contributed by atoms with Gasteiger partial charge in [-0.25, -0.2) is 0 Å². The zero-order valence-corrected chi connectivity index (χ0v) is 10.6. The van der Waals surface area contributed by atoms with E-state index in [4.69, 9.17) is 5.73 Å². The van der Waals surface area contributed by atoms with Gasteiger partial charge in [0.05, 0.1) is 0 Å². The molecule has 0 aliphatic carbocycles. The molecular formula is C11H25NS. The summed E-state index contributed by atoms with van der Waals surface area (Å²) in [6.45, 7) is 12.1. The number of hydrogen-bond acceptors (Lipinski definition) is 2. The van der Waals surface area contributed by atoms with Gasteiger partial charge in [0.1, 0.15) is 0 Å². The molecule has 13 heavy (non-hydrogen) atoms. The second-order valence-electron chi connectivity index (χ2n) is 5.43. The van der Waals surface area contributed by atoms with Crippen LogP contribution in [0.15, 0.2) is 0 Å². The molecule has 0 atom stereocenters. The molecule has 0 radical (unpaired) electrons. The molecule has 0 aromatic rings. The topological polar surface area (TPSA) is 26.0 Å². The summed E-state index contributed by atoms with van der Waals surface area (Å²) >= 11 is 2.04. The lowest BCUT2D eigenvalue weighted by atomic mass is 9.88. The third kappa shape index (κ3) is 8.63. The van der Waals surface area contributed by atoms with Crippen molar-refractivity contribution in [2.24, 2.45) is 11.1 Å². The van der Waals surface area contributed by atoms with E-state index in [1.165, 1.54) is 18.6 Å². The van der Waals surface area contributed by atoms with Crippen molar-refractivity contribution in [2.45, 2.75) is 52.2 Å². The van der Waals surface area contributed by atoms with Crippen LogP contribution in [0.1, 0.15) is 47.5 Å². The van der Waals surface area contributed by atoms with Crippen LogP contribution in [-0.4, -0.2) is 17.0 Å². The SMILES string of the molecule is CC(C)(CN)CCCSC(C)(C)C. The van der Waals surface area contributed by atoms with Gasteiger partial charge in [-0.2, -0.15) is 11.8 Å². The molecule has 0 saturated carbocycles. The first-order valence-electron chi connectivity index (χ1n) is 5.11. The highest BCUT2D eigenvalue weighted by molar-refractivity contribution is 8.00. The maximum Gasteiger partial charge on any atom is 0.00750 e. The van der Waals surface area contributed by atoms with Crippen molar-refractivity contribution in [3.63, 3.8) is 0 Å². The Morgan fingerprint density at radius 3 is 2.00 bits per heavy atom. The van der Waals surface area contributed by atoms with Crippen LogP contribution in [-0.2, 0) is 0 Å². The van der Waals surface area contributed by atoms with Crippen molar-refractivity contribution in [3.05, 3.63) is 0 Å². The van der Waals surface area contributed by atoms with Crippen molar-refractivity contribution in [3.8, 4) is 0 Å². The summed E-state index contributed by atoms with van der Waals surface area (Å²) in [5.74, 6) is 1.26. The van der Waals surface area contributed by atoms with Crippen molar-refractivity contribution in [1.29, 1.82) is 0 Å². The molecular weight excluding hydrogens is 178 g/mol. The highest BCUT2D eigenvalue weighted by atomic mass is 32.2. The number of rotatable bonds is 5. The van der Waals surface area contributed by atoms with E-state index in [1.54, 1.807) is 0 Å². The van der Waals surface area contributed by atoms with Gasteiger partial charge in [-0.15, -0.1) is 0 Å². The Bertz CT molecular complexity index is 136. The Morgan fingerprint density at radius 2 is 1.62 bits per heavy atom. The Morgan fingerprint density at radius 1 is 1.08 bits per heavy atom. The van der Waals surface area contributed by atoms with Gasteiger partial charge in [-0.1, -0.05) is 34.6 Å². The van der Waals surface area contributed by atoms with Gasteiger partial charge in [-0.05, 0) is 30.6 Å². The summed E-state index contributed by atoms with van der Waals surface area (Å²) in [6, 6.07) is 0. The second-order valence-corrected chi connectivity index (χ2v) is 7.35. The van der Waals surface area contributed by atoms with Crippen molar-refractivity contribution in [2.75, 3.05) is 12.3 Å². The molecule has 0 fully saturated rings. The zero-order valence-electron chi connectivity index (χ0n) is 9.81. The molecule has 0 aliphatic heterocycles. The maximum absolute atomic E-state index is 5.67. The first kappa shape index (κ1) is 13.3. The minimum atomic E-state index is 0.332. The summed E-state index contributed by atoms with van der Waals surface area (Å²) in [6.07, 6.45) is 2.53. The van der Waals surface area contributed by atoms with Crippen LogP contribution in [0.25, 0.3) is 0 Å². The number of nitrogens with two attached hydrogens (primary N) is 1. The molecule has 0 spiro atoms. The predicted octanol–water partition coefficient (Wildman–Crippen LogP) is 3.28. The van der Waals surface area contributed by atoms with E-state index in [1.807, 2.05) is 11.8 Å². The van der Waals surface area contributed by atoms with E-state index in [-0.39, 0.29) is 0 Å². The first-order chi connectivity index (χ1) is 5.77. The molecule has 0 amide bonds. The third-order valence-corrected chi connectivity index (χ3v) is 3.44. The highest BCUT2D eigenvalue weighted by Crippen LogP contribution is 2.27. The van der Waals surface area contributed by atoms with Crippen LogP contribution in [0.4, 0.5) is 0 Å². The number of thioether (sulfide) groups is 1. The maximum atomic E-state index is 5.67. The largest absolute Gasteiger partial charge is 0.330 e. The molecule has 80 valence electrons. The van der Waals surface area contributed by atoms with Gasteiger partial charge < -0.3 is 5.73 Å². The molecule has 0 aromatic carbocycles. The summed E-state index contributed by atoms with van der Waals surface area (Å²) in [5, 5.41) is 0. The third-order valence-electron chi connectivity index (χ3n) is 2.09. The molecule has 0 heterocycles. The van der Waals surface area contributed by atoms with Gasteiger partial charge in [-0.3, -0.25) is 0 Å². The van der Waals surface area contributed by atoms with Gasteiger partial charge in [0.25, 0.3) is 0 Å². The minimum absolute atomic E-state index is 0.332. The average molecular weight is 203 g/mol. The lowest BCUT2D eigenvalue weighted by Crippen LogP contribution is -2.23. The van der Waals surface area contributed by atoms with E-state index >= 15 is 0 Å². The molecule has 0 bridgehead atoms. The van der Waals surface area contributed by atoms with E-state index < -0.39 is 0 Å². The monoisotopic (exact) mass is 203 g/mol. The molecule has 2 heteroatoms. The fraction of sp³-hybridized carbons (Fsp3) is 1.00. The van der Waals surface area contributed by atoms with E-state index in [9.17, 15) is 0 Å². The van der Waals surface area contributed by atoms with Crippen LogP contribution in [0.5, 0.6) is 0 Å². The average Bonchev–Trinajstić information content (AvgIpc) is 1.97. The van der Waals surface area contributed by atoms with E-state index in [0.29, 0.717) is 10.2 Å². The Balaban J connectivity index is 3.47. The Kier molecular flexibility index (Phi) is 5.38. The van der Waals surface area contributed by atoms with Gasteiger partial charge in [0, 0.05) is 4.75 Å². The fourth-order valence-electron chi connectivity index (χ4n) is 1.03. The van der Waals surface area contributed by atoms with Crippen LogP contribution < -0.4 is 5.73 Å². The summed E-state index contributed by atoms with van der Waals surface area (Å²) in [4.78, 5) is 0. The summed E-state index contributed by atoms with van der Waals surface area (Å²) < 4.78 is 0.410. The molecule has 0 saturated heterocycles. The zero-order chi connectivity index (χ0) is 10.5. The lowest BCUT2D eigenvalue weighted by molar-refractivity contribution is 0.345. The van der Waals surface area contributed by atoms with E-state index in [2.05, 4.69) is 34.6 Å². The Hall–Kier alpha value is 0.310. The van der Waals surface area contributed by atoms with Gasteiger partial charge in [0.2, 0.25) is 0 Å². The second kappa shape index (κ2) is 5.26. The molecule has 0 unspecified atom stereocenters. The van der Waals surface area contributed by atoms with Crippen LogP contribution in [0.3, 0.4) is 0 Å². The summed E-state index contributed by atoms with van der Waals surface area (Å²) in [7, 11) is 0. The molecule has 2 N–H and O–H groups in total. The smallest absolute Gasteiger partial charge is 0.00750 e. The molecule has 1 nitrogen and oxygen atoms in total. The van der Waals surface area contributed by atoms with Crippen LogP contribution in [0.2, 0.25) is 0 Å².